The average Bonchev–Trinajstić information content (AvgIpc) is 2.74. The van der Waals surface area contributed by atoms with Crippen LogP contribution in [0.15, 0.2) is 30.5 Å². The molecule has 8 heteroatoms. The van der Waals surface area contributed by atoms with Crippen molar-refractivity contribution in [2.45, 2.75) is 32.2 Å². The Morgan fingerprint density at radius 2 is 2.17 bits per heavy atom. The summed E-state index contributed by atoms with van der Waals surface area (Å²) < 4.78 is 13.0. The van der Waals surface area contributed by atoms with Gasteiger partial charge in [-0.15, -0.1) is 0 Å². The van der Waals surface area contributed by atoms with E-state index in [1.807, 2.05) is 11.8 Å². The molecule has 2 heterocycles. The van der Waals surface area contributed by atoms with E-state index in [4.69, 9.17) is 11.1 Å². The van der Waals surface area contributed by atoms with E-state index >= 15 is 0 Å². The van der Waals surface area contributed by atoms with Crippen molar-refractivity contribution in [2.75, 3.05) is 36.0 Å². The van der Waals surface area contributed by atoms with Crippen LogP contribution in [0.2, 0.25) is 0 Å². The van der Waals surface area contributed by atoms with E-state index in [-0.39, 0.29) is 24.3 Å². The lowest BCUT2D eigenvalue weighted by atomic mass is 10.0. The number of likely N-dealkylation sites (tertiary alicyclic amines) is 1. The number of amides is 1. The monoisotopic (exact) mass is 398 g/mol. The van der Waals surface area contributed by atoms with Crippen molar-refractivity contribution in [3.8, 4) is 0 Å². The molecule has 1 aromatic carbocycles. The number of halogens is 1. The number of nitrogens with zero attached hydrogens (tertiary/aromatic N) is 2. The molecule has 0 bridgehead atoms. The second-order valence-corrected chi connectivity index (χ2v) is 7.14. The fraction of sp³-hybridized carbons (Fsp3) is 0.381. The minimum absolute atomic E-state index is 0.00180. The van der Waals surface area contributed by atoms with Crippen LogP contribution in [-0.2, 0) is 11.2 Å². The number of aryl methyl sites for hydroxylation is 1. The minimum atomic E-state index is -0.306. The van der Waals surface area contributed by atoms with Gasteiger partial charge in [0.05, 0.1) is 17.8 Å². The zero-order valence-electron chi connectivity index (χ0n) is 16.5. The Labute approximate surface area is 170 Å². The Hall–Kier alpha value is -3.16. The topological polar surface area (TPSA) is 107 Å². The summed E-state index contributed by atoms with van der Waals surface area (Å²) in [5.41, 5.74) is 9.07. The summed E-state index contributed by atoms with van der Waals surface area (Å²) in [4.78, 5) is 18.6. The van der Waals surface area contributed by atoms with Gasteiger partial charge in [-0.3, -0.25) is 4.79 Å². The predicted octanol–water partition coefficient (Wildman–Crippen LogP) is 2.88. The van der Waals surface area contributed by atoms with Crippen LogP contribution < -0.4 is 16.4 Å². The number of anilines is 3. The standard InChI is InChI=1S/C21H27FN6O/c1-2-14-11-26-21(24)18(10-23)20(14)27-17-4-3-9-28(13-17)19(29)12-25-16-7-5-15(22)6-8-16/h5-8,10-11,17,23,25H,2-4,9,12-13H2,1H3,(H3,24,26,27). The van der Waals surface area contributed by atoms with Crippen molar-refractivity contribution in [3.05, 3.63) is 47.4 Å². The molecule has 1 atom stereocenters. The van der Waals surface area contributed by atoms with Gasteiger partial charge in [0.2, 0.25) is 5.91 Å². The van der Waals surface area contributed by atoms with Crippen LogP contribution in [0.4, 0.5) is 21.6 Å². The molecule has 1 aliphatic heterocycles. The number of piperidine rings is 1. The summed E-state index contributed by atoms with van der Waals surface area (Å²) in [7, 11) is 0. The molecule has 1 aliphatic rings. The van der Waals surface area contributed by atoms with Crippen LogP contribution in [0.25, 0.3) is 0 Å². The third kappa shape index (κ3) is 5.01. The highest BCUT2D eigenvalue weighted by molar-refractivity contribution is 5.92. The molecule has 1 saturated heterocycles. The van der Waals surface area contributed by atoms with Gasteiger partial charge in [0.1, 0.15) is 11.6 Å². The lowest BCUT2D eigenvalue weighted by Gasteiger charge is -2.34. The van der Waals surface area contributed by atoms with E-state index in [1.165, 1.54) is 18.3 Å². The molecule has 0 saturated carbocycles. The molecule has 1 unspecified atom stereocenters. The van der Waals surface area contributed by atoms with Gasteiger partial charge in [0.25, 0.3) is 0 Å². The molecule has 0 aliphatic carbocycles. The Morgan fingerprint density at radius 3 is 2.86 bits per heavy atom. The third-order valence-electron chi connectivity index (χ3n) is 5.16. The number of hydrogen-bond acceptors (Lipinski definition) is 6. The van der Waals surface area contributed by atoms with E-state index < -0.39 is 0 Å². The summed E-state index contributed by atoms with van der Waals surface area (Å²) >= 11 is 0. The molecule has 1 amide bonds. The van der Waals surface area contributed by atoms with Crippen LogP contribution in [0.1, 0.15) is 30.9 Å². The second kappa shape index (κ2) is 9.36. The highest BCUT2D eigenvalue weighted by Gasteiger charge is 2.25. The first-order valence-electron chi connectivity index (χ1n) is 9.83. The van der Waals surface area contributed by atoms with Gasteiger partial charge in [-0.25, -0.2) is 9.37 Å². The Bertz CT molecular complexity index is 870. The number of aromatic nitrogens is 1. The number of pyridine rings is 1. The highest BCUT2D eigenvalue weighted by atomic mass is 19.1. The van der Waals surface area contributed by atoms with Crippen LogP contribution >= 0.6 is 0 Å². The summed E-state index contributed by atoms with van der Waals surface area (Å²) in [6, 6.07) is 6.02. The molecular weight excluding hydrogens is 371 g/mol. The number of nitrogen functional groups attached to an aromatic ring is 1. The van der Waals surface area contributed by atoms with Crippen molar-refractivity contribution in [3.63, 3.8) is 0 Å². The van der Waals surface area contributed by atoms with E-state index in [1.54, 1.807) is 18.3 Å². The maximum absolute atomic E-state index is 13.0. The predicted molar refractivity (Wildman–Crippen MR) is 114 cm³/mol. The van der Waals surface area contributed by atoms with E-state index in [2.05, 4.69) is 15.6 Å². The quantitative estimate of drug-likeness (QED) is 0.537. The summed E-state index contributed by atoms with van der Waals surface area (Å²) in [5, 5.41) is 14.2. The molecule has 3 rings (SSSR count). The van der Waals surface area contributed by atoms with Gasteiger partial charge in [-0.2, -0.15) is 0 Å². The largest absolute Gasteiger partial charge is 0.383 e. The maximum Gasteiger partial charge on any atom is 0.241 e. The summed E-state index contributed by atoms with van der Waals surface area (Å²) in [6.45, 7) is 3.47. The average molecular weight is 398 g/mol. The molecule has 154 valence electrons. The van der Waals surface area contributed by atoms with Crippen molar-refractivity contribution in [2.24, 2.45) is 0 Å². The van der Waals surface area contributed by atoms with E-state index in [9.17, 15) is 9.18 Å². The number of nitrogens with two attached hydrogens (primary N) is 1. The summed E-state index contributed by atoms with van der Waals surface area (Å²) in [5.74, 6) is 0.0179. The van der Waals surface area contributed by atoms with Crippen LogP contribution in [0.3, 0.4) is 0 Å². The Balaban J connectivity index is 1.63. The first-order chi connectivity index (χ1) is 14.0. The fourth-order valence-corrected chi connectivity index (χ4v) is 3.55. The van der Waals surface area contributed by atoms with E-state index in [0.29, 0.717) is 30.2 Å². The van der Waals surface area contributed by atoms with Gasteiger partial charge in [0.15, 0.2) is 0 Å². The van der Waals surface area contributed by atoms with Crippen LogP contribution in [-0.4, -0.2) is 47.7 Å². The van der Waals surface area contributed by atoms with Crippen LogP contribution in [0, 0.1) is 11.2 Å². The molecule has 0 spiro atoms. The van der Waals surface area contributed by atoms with Gasteiger partial charge >= 0.3 is 0 Å². The lowest BCUT2D eigenvalue weighted by Crippen LogP contribution is -2.47. The summed E-state index contributed by atoms with van der Waals surface area (Å²) in [6.07, 6.45) is 5.55. The molecule has 1 aromatic heterocycles. The molecule has 2 aromatic rings. The van der Waals surface area contributed by atoms with E-state index in [0.717, 1.165) is 30.5 Å². The zero-order valence-corrected chi connectivity index (χ0v) is 16.5. The fourth-order valence-electron chi connectivity index (χ4n) is 3.55. The highest BCUT2D eigenvalue weighted by Crippen LogP contribution is 2.26. The second-order valence-electron chi connectivity index (χ2n) is 7.14. The number of benzene rings is 1. The molecule has 1 fully saturated rings. The van der Waals surface area contributed by atoms with Crippen LogP contribution in [0.5, 0.6) is 0 Å². The van der Waals surface area contributed by atoms with Crippen molar-refractivity contribution < 1.29 is 9.18 Å². The normalized spacial score (nSPS) is 16.3. The number of nitrogens with one attached hydrogen (secondary N) is 3. The first kappa shape index (κ1) is 20.6. The molecule has 29 heavy (non-hydrogen) atoms. The van der Waals surface area contributed by atoms with Gasteiger partial charge in [-0.05, 0) is 49.1 Å². The van der Waals surface area contributed by atoms with Gasteiger partial charge in [0, 0.05) is 37.2 Å². The van der Waals surface area contributed by atoms with Gasteiger partial charge in [-0.1, -0.05) is 6.92 Å². The van der Waals surface area contributed by atoms with Gasteiger partial charge < -0.3 is 26.7 Å². The Kier molecular flexibility index (Phi) is 6.64. The van der Waals surface area contributed by atoms with Crippen molar-refractivity contribution >= 4 is 29.3 Å². The third-order valence-corrected chi connectivity index (χ3v) is 5.16. The molecule has 7 nitrogen and oxygen atoms in total. The number of hydrogen-bond donors (Lipinski definition) is 4. The number of carbonyl (C=O) groups excluding carboxylic acids is 1. The smallest absolute Gasteiger partial charge is 0.241 e. The lowest BCUT2D eigenvalue weighted by molar-refractivity contribution is -0.130. The molecule has 5 N–H and O–H groups in total. The Morgan fingerprint density at radius 1 is 1.41 bits per heavy atom. The minimum Gasteiger partial charge on any atom is -0.383 e. The maximum atomic E-state index is 13.0. The first-order valence-corrected chi connectivity index (χ1v) is 9.83. The zero-order chi connectivity index (χ0) is 20.8. The molecule has 0 radical (unpaired) electrons. The number of carbonyl (C=O) groups is 1. The van der Waals surface area contributed by atoms with Crippen molar-refractivity contribution in [1.82, 2.24) is 9.88 Å². The SMILES string of the molecule is CCc1cnc(N)c(C=N)c1NC1CCCN(C(=O)CNc2ccc(F)cc2)C1. The van der Waals surface area contributed by atoms with Crippen molar-refractivity contribution in [1.29, 1.82) is 5.41 Å². The number of rotatable bonds is 7. The molecular formula is C21H27FN6O.